The molecule has 1 atom stereocenters. The van der Waals surface area contributed by atoms with Gasteiger partial charge in [0.15, 0.2) is 0 Å². The minimum atomic E-state index is -3.92. The van der Waals surface area contributed by atoms with Gasteiger partial charge < -0.3 is 4.90 Å². The van der Waals surface area contributed by atoms with Crippen molar-refractivity contribution in [3.8, 4) is 11.3 Å². The Bertz CT molecular complexity index is 1500. The average Bonchev–Trinajstić information content (AvgIpc) is 2.88. The Morgan fingerprint density at radius 2 is 1.83 bits per heavy atom. The van der Waals surface area contributed by atoms with Crippen LogP contribution in [0.3, 0.4) is 0 Å². The van der Waals surface area contributed by atoms with Gasteiger partial charge in [-0.1, -0.05) is 24.3 Å². The number of carbonyl (C=O) groups excluding carboxylic acids is 1. The summed E-state index contributed by atoms with van der Waals surface area (Å²) in [4.78, 5) is 24.0. The third kappa shape index (κ3) is 4.91. The van der Waals surface area contributed by atoms with E-state index in [1.54, 1.807) is 23.4 Å². The molecule has 5 rings (SSSR count). The second-order valence-electron chi connectivity index (χ2n) is 8.48. The molecule has 7 nitrogen and oxygen atoms in total. The van der Waals surface area contributed by atoms with Crippen molar-refractivity contribution >= 4 is 26.8 Å². The Morgan fingerprint density at radius 3 is 2.63 bits per heavy atom. The number of carbonyl (C=O) groups is 1. The molecular weight excluding hydrogens is 467 g/mol. The van der Waals surface area contributed by atoms with Crippen LogP contribution in [0.25, 0.3) is 22.2 Å². The number of nitrogens with zero attached hydrogens (tertiary/aromatic N) is 3. The molecule has 1 fully saturated rings. The first-order chi connectivity index (χ1) is 16.9. The van der Waals surface area contributed by atoms with Gasteiger partial charge in [-0.2, -0.15) is 0 Å². The van der Waals surface area contributed by atoms with Gasteiger partial charge in [-0.15, -0.1) is 0 Å². The van der Waals surface area contributed by atoms with E-state index in [4.69, 9.17) is 4.98 Å². The first-order valence-electron chi connectivity index (χ1n) is 11.3. The number of aromatic nitrogens is 2. The van der Waals surface area contributed by atoms with E-state index >= 15 is 0 Å². The third-order valence-corrected chi connectivity index (χ3v) is 7.58. The van der Waals surface area contributed by atoms with Crippen LogP contribution in [0.4, 0.5) is 4.39 Å². The summed E-state index contributed by atoms with van der Waals surface area (Å²) in [5.41, 5.74) is 2.72. The zero-order chi connectivity index (χ0) is 24.4. The number of para-hydroxylation sites is 1. The number of benzene rings is 2. The van der Waals surface area contributed by atoms with Crippen molar-refractivity contribution in [2.24, 2.45) is 0 Å². The summed E-state index contributed by atoms with van der Waals surface area (Å²) in [7, 11) is -3.92. The number of fused-ring (bicyclic) bond motifs is 1. The number of halogens is 1. The minimum absolute atomic E-state index is 0.136. The van der Waals surface area contributed by atoms with Gasteiger partial charge in [-0.3, -0.25) is 9.78 Å². The Balaban J connectivity index is 1.43. The van der Waals surface area contributed by atoms with Crippen molar-refractivity contribution in [2.75, 3.05) is 13.1 Å². The number of sulfonamides is 1. The van der Waals surface area contributed by atoms with Crippen LogP contribution < -0.4 is 4.72 Å². The van der Waals surface area contributed by atoms with E-state index in [0.717, 1.165) is 17.0 Å². The second-order valence-corrected chi connectivity index (χ2v) is 10.2. The lowest BCUT2D eigenvalue weighted by Gasteiger charge is -2.33. The molecular formula is C26H23FN4O3S. The molecule has 0 radical (unpaired) electrons. The predicted molar refractivity (Wildman–Crippen MR) is 131 cm³/mol. The zero-order valence-electron chi connectivity index (χ0n) is 18.8. The van der Waals surface area contributed by atoms with E-state index in [1.165, 1.54) is 18.2 Å². The minimum Gasteiger partial charge on any atom is -0.337 e. The van der Waals surface area contributed by atoms with Gasteiger partial charge in [0.05, 0.1) is 21.7 Å². The summed E-state index contributed by atoms with van der Waals surface area (Å²) >= 11 is 0. The average molecular weight is 491 g/mol. The zero-order valence-corrected chi connectivity index (χ0v) is 19.6. The molecule has 1 amide bonds. The molecule has 1 saturated heterocycles. The second kappa shape index (κ2) is 9.52. The van der Waals surface area contributed by atoms with Gasteiger partial charge in [0, 0.05) is 42.5 Å². The molecule has 1 unspecified atom stereocenters. The van der Waals surface area contributed by atoms with E-state index in [0.29, 0.717) is 36.2 Å². The number of rotatable bonds is 5. The molecule has 3 heterocycles. The maximum absolute atomic E-state index is 13.7. The molecule has 0 bridgehead atoms. The fraction of sp³-hybridized carbons (Fsp3) is 0.192. The third-order valence-electron chi connectivity index (χ3n) is 6.06. The predicted octanol–water partition coefficient (Wildman–Crippen LogP) is 4.02. The Kier molecular flexibility index (Phi) is 6.27. The molecule has 0 aliphatic carbocycles. The van der Waals surface area contributed by atoms with E-state index in [2.05, 4.69) is 9.71 Å². The lowest BCUT2D eigenvalue weighted by Crippen LogP contribution is -2.49. The highest BCUT2D eigenvalue weighted by Crippen LogP contribution is 2.27. The number of amides is 1. The topological polar surface area (TPSA) is 92.3 Å². The largest absolute Gasteiger partial charge is 0.337 e. The van der Waals surface area contributed by atoms with Gasteiger partial charge in [-0.05, 0) is 55.3 Å². The van der Waals surface area contributed by atoms with Crippen LogP contribution in [0.15, 0.2) is 84.0 Å². The first kappa shape index (κ1) is 23.1. The van der Waals surface area contributed by atoms with E-state index < -0.39 is 21.9 Å². The van der Waals surface area contributed by atoms with Gasteiger partial charge in [0.1, 0.15) is 5.82 Å². The number of pyridine rings is 2. The summed E-state index contributed by atoms with van der Waals surface area (Å²) in [5, 5.41) is 0.734. The van der Waals surface area contributed by atoms with Gasteiger partial charge in [-0.25, -0.2) is 22.5 Å². The van der Waals surface area contributed by atoms with Gasteiger partial charge >= 0.3 is 0 Å². The first-order valence-corrected chi connectivity index (χ1v) is 12.8. The van der Waals surface area contributed by atoms with Crippen molar-refractivity contribution in [3.05, 3.63) is 90.5 Å². The summed E-state index contributed by atoms with van der Waals surface area (Å²) in [6.45, 7) is 0.729. The quantitative estimate of drug-likeness (QED) is 0.456. The van der Waals surface area contributed by atoms with Gasteiger partial charge in [0.2, 0.25) is 10.0 Å². The molecule has 4 aromatic rings. The molecule has 2 aromatic carbocycles. The highest BCUT2D eigenvalue weighted by Gasteiger charge is 2.29. The highest BCUT2D eigenvalue weighted by atomic mass is 32.2. The van der Waals surface area contributed by atoms with Crippen molar-refractivity contribution in [3.63, 3.8) is 0 Å². The Morgan fingerprint density at radius 1 is 1.03 bits per heavy atom. The molecule has 9 heteroatoms. The van der Waals surface area contributed by atoms with Gasteiger partial charge in [0.25, 0.3) is 5.91 Å². The van der Waals surface area contributed by atoms with E-state index in [9.17, 15) is 17.6 Å². The lowest BCUT2D eigenvalue weighted by atomic mass is 10.0. The summed E-state index contributed by atoms with van der Waals surface area (Å²) in [6, 6.07) is 17.3. The molecule has 0 saturated carbocycles. The molecule has 1 aliphatic rings. The van der Waals surface area contributed by atoms with Crippen LogP contribution in [0.1, 0.15) is 23.2 Å². The summed E-state index contributed by atoms with van der Waals surface area (Å²) in [6.07, 6.45) is 4.57. The number of piperidine rings is 1. The number of likely N-dealkylation sites (tertiary alicyclic amines) is 1. The molecule has 1 N–H and O–H groups in total. The number of hydrogen-bond acceptors (Lipinski definition) is 5. The molecule has 0 spiro atoms. The smallest absolute Gasteiger partial charge is 0.254 e. The van der Waals surface area contributed by atoms with Crippen LogP contribution in [-0.4, -0.2) is 48.3 Å². The number of hydrogen-bond donors (Lipinski definition) is 1. The maximum atomic E-state index is 13.7. The maximum Gasteiger partial charge on any atom is 0.254 e. The molecule has 178 valence electrons. The van der Waals surface area contributed by atoms with Crippen LogP contribution in [0.2, 0.25) is 0 Å². The van der Waals surface area contributed by atoms with E-state index in [-0.39, 0.29) is 17.3 Å². The van der Waals surface area contributed by atoms with Crippen LogP contribution in [0.5, 0.6) is 0 Å². The van der Waals surface area contributed by atoms with Crippen molar-refractivity contribution in [2.45, 2.75) is 23.8 Å². The summed E-state index contributed by atoms with van der Waals surface area (Å²) in [5.74, 6) is -0.809. The normalized spacial score (nSPS) is 16.4. The summed E-state index contributed by atoms with van der Waals surface area (Å²) < 4.78 is 41.8. The van der Waals surface area contributed by atoms with Crippen molar-refractivity contribution < 1.29 is 17.6 Å². The Labute approximate surface area is 202 Å². The molecule has 2 aromatic heterocycles. The van der Waals surface area contributed by atoms with Crippen molar-refractivity contribution in [1.29, 1.82) is 0 Å². The van der Waals surface area contributed by atoms with Crippen molar-refractivity contribution in [1.82, 2.24) is 19.6 Å². The van der Waals surface area contributed by atoms with Crippen LogP contribution >= 0.6 is 0 Å². The molecule has 35 heavy (non-hydrogen) atoms. The molecule has 1 aliphatic heterocycles. The highest BCUT2D eigenvalue weighted by molar-refractivity contribution is 7.89. The van der Waals surface area contributed by atoms with Crippen LogP contribution in [-0.2, 0) is 10.0 Å². The van der Waals surface area contributed by atoms with Crippen LogP contribution in [0, 0.1) is 5.82 Å². The lowest BCUT2D eigenvalue weighted by molar-refractivity contribution is 0.0705. The Hall–Kier alpha value is -3.69. The number of nitrogens with one attached hydrogen (secondary N) is 1. The standard InChI is InChI=1S/C26H23FN4O3S/c27-19-5-3-7-21(15-19)35(33,34)30-20-6-4-14-31(17-20)26(32)23-16-25(18-10-12-28-13-11-18)29-24-9-2-1-8-22(23)24/h1-3,5,7-13,15-16,20,30H,4,6,14,17H2. The fourth-order valence-electron chi connectivity index (χ4n) is 4.37. The van der Waals surface area contributed by atoms with E-state index in [1.807, 2.05) is 36.4 Å². The SMILES string of the molecule is O=C(c1cc(-c2ccncc2)nc2ccccc12)N1CCCC(NS(=O)(=O)c2cccc(F)c2)C1. The monoisotopic (exact) mass is 490 g/mol. The fourth-order valence-corrected chi connectivity index (χ4v) is 5.67.